The molecule has 1 aliphatic rings. The maximum absolute atomic E-state index is 12.7. The Morgan fingerprint density at radius 3 is 2.96 bits per heavy atom. The molecule has 0 saturated carbocycles. The fourth-order valence-corrected chi connectivity index (χ4v) is 3.65. The molecule has 1 saturated heterocycles. The van der Waals surface area contributed by atoms with Crippen molar-refractivity contribution in [3.63, 3.8) is 0 Å². The van der Waals surface area contributed by atoms with Gasteiger partial charge in [-0.1, -0.05) is 18.2 Å². The molecule has 1 aromatic carbocycles. The average molecular weight is 315 g/mol. The molecule has 0 spiro atoms. The molecule has 0 radical (unpaired) electrons. The Morgan fingerprint density at radius 2 is 2.22 bits per heavy atom. The summed E-state index contributed by atoms with van der Waals surface area (Å²) in [4.78, 5) is 17.9. The third-order valence-electron chi connectivity index (χ3n) is 4.96. The monoisotopic (exact) mass is 315 g/mol. The Hall–Kier alpha value is -1.85. The van der Waals surface area contributed by atoms with Crippen LogP contribution in [-0.2, 0) is 11.2 Å². The first-order valence-electron chi connectivity index (χ1n) is 8.31. The van der Waals surface area contributed by atoms with Gasteiger partial charge in [-0.3, -0.25) is 4.79 Å². The lowest BCUT2D eigenvalue weighted by Crippen LogP contribution is -2.55. The summed E-state index contributed by atoms with van der Waals surface area (Å²) >= 11 is 0. The summed E-state index contributed by atoms with van der Waals surface area (Å²) < 4.78 is 0. The average Bonchev–Trinajstić information content (AvgIpc) is 2.96. The largest absolute Gasteiger partial charge is 0.393 e. The number of piperidine rings is 1. The second-order valence-electron chi connectivity index (χ2n) is 6.39. The van der Waals surface area contributed by atoms with Crippen LogP contribution in [0.3, 0.4) is 0 Å². The van der Waals surface area contributed by atoms with Gasteiger partial charge in [0.25, 0.3) is 0 Å². The van der Waals surface area contributed by atoms with Crippen LogP contribution in [0.25, 0.3) is 10.9 Å². The Labute approximate surface area is 136 Å². The molecule has 0 aliphatic carbocycles. The standard InChI is InChI=1S/C18H25N3O2/c1-12(22)17-16(19-2)8-10-21(18(17)23)9-7-13-11-20-15-6-4-3-5-14(13)15/h3-6,11-12,16-17,19-20,22H,7-10H2,1-2H3/t12?,16-,17-/m0/s1. The van der Waals surface area contributed by atoms with E-state index in [-0.39, 0.29) is 17.9 Å². The zero-order valence-corrected chi connectivity index (χ0v) is 13.7. The number of likely N-dealkylation sites (tertiary alicyclic amines) is 1. The van der Waals surface area contributed by atoms with Gasteiger partial charge < -0.3 is 20.3 Å². The van der Waals surface area contributed by atoms with Crippen LogP contribution in [0.1, 0.15) is 18.9 Å². The second-order valence-corrected chi connectivity index (χ2v) is 6.39. The highest BCUT2D eigenvalue weighted by Gasteiger charge is 2.38. The molecule has 2 heterocycles. The minimum absolute atomic E-state index is 0.0606. The normalized spacial score (nSPS) is 23.4. The predicted octanol–water partition coefficient (Wildman–Crippen LogP) is 1.53. The van der Waals surface area contributed by atoms with E-state index in [1.165, 1.54) is 10.9 Å². The van der Waals surface area contributed by atoms with E-state index in [0.29, 0.717) is 6.54 Å². The number of carbonyl (C=O) groups is 1. The first kappa shape index (κ1) is 16.0. The minimum atomic E-state index is -0.629. The van der Waals surface area contributed by atoms with Gasteiger partial charge in [0.15, 0.2) is 0 Å². The number of rotatable bonds is 5. The van der Waals surface area contributed by atoms with Crippen LogP contribution in [-0.4, -0.2) is 53.2 Å². The van der Waals surface area contributed by atoms with Gasteiger partial charge in [0.2, 0.25) is 5.91 Å². The van der Waals surface area contributed by atoms with Crippen molar-refractivity contribution < 1.29 is 9.90 Å². The molecule has 1 amide bonds. The molecule has 5 nitrogen and oxygen atoms in total. The number of hydrogen-bond donors (Lipinski definition) is 3. The number of aliphatic hydroxyl groups excluding tert-OH is 1. The van der Waals surface area contributed by atoms with Crippen molar-refractivity contribution >= 4 is 16.8 Å². The molecular weight excluding hydrogens is 290 g/mol. The molecule has 5 heteroatoms. The molecule has 0 bridgehead atoms. The summed E-state index contributed by atoms with van der Waals surface area (Å²) in [6.07, 6.45) is 3.11. The number of hydrogen-bond acceptors (Lipinski definition) is 3. The van der Waals surface area contributed by atoms with Gasteiger partial charge >= 0.3 is 0 Å². The van der Waals surface area contributed by atoms with Crippen LogP contribution in [0.4, 0.5) is 0 Å². The van der Waals surface area contributed by atoms with Crippen molar-refractivity contribution in [3.05, 3.63) is 36.0 Å². The third kappa shape index (κ3) is 3.12. The second kappa shape index (κ2) is 6.72. The number of H-pyrrole nitrogens is 1. The number of aromatic nitrogens is 1. The Balaban J connectivity index is 1.69. The number of fused-ring (bicyclic) bond motifs is 1. The number of benzene rings is 1. The first-order chi connectivity index (χ1) is 11.1. The molecule has 124 valence electrons. The van der Waals surface area contributed by atoms with E-state index in [1.54, 1.807) is 6.92 Å². The zero-order valence-electron chi connectivity index (χ0n) is 13.7. The van der Waals surface area contributed by atoms with E-state index >= 15 is 0 Å². The smallest absolute Gasteiger partial charge is 0.229 e. The van der Waals surface area contributed by atoms with Gasteiger partial charge in [-0.05, 0) is 38.4 Å². The zero-order chi connectivity index (χ0) is 16.4. The number of nitrogens with one attached hydrogen (secondary N) is 2. The Morgan fingerprint density at radius 1 is 1.43 bits per heavy atom. The van der Waals surface area contributed by atoms with Crippen LogP contribution in [0.5, 0.6) is 0 Å². The number of nitrogens with zero attached hydrogens (tertiary/aromatic N) is 1. The lowest BCUT2D eigenvalue weighted by molar-refractivity contribution is -0.144. The van der Waals surface area contributed by atoms with Crippen molar-refractivity contribution in [2.75, 3.05) is 20.1 Å². The van der Waals surface area contributed by atoms with E-state index in [4.69, 9.17) is 0 Å². The van der Waals surface area contributed by atoms with Gasteiger partial charge in [-0.25, -0.2) is 0 Å². The first-order valence-corrected chi connectivity index (χ1v) is 8.31. The molecule has 1 aromatic heterocycles. The third-order valence-corrected chi connectivity index (χ3v) is 4.96. The van der Waals surface area contributed by atoms with Crippen LogP contribution >= 0.6 is 0 Å². The van der Waals surface area contributed by atoms with Crippen molar-refractivity contribution in [2.24, 2.45) is 5.92 Å². The van der Waals surface area contributed by atoms with Gasteiger partial charge in [-0.15, -0.1) is 0 Å². The van der Waals surface area contributed by atoms with Crippen LogP contribution in [0.2, 0.25) is 0 Å². The van der Waals surface area contributed by atoms with E-state index in [0.717, 1.165) is 24.9 Å². The highest BCUT2D eigenvalue weighted by atomic mass is 16.3. The lowest BCUT2D eigenvalue weighted by Gasteiger charge is -2.39. The molecule has 3 atom stereocenters. The van der Waals surface area contributed by atoms with E-state index < -0.39 is 6.10 Å². The van der Waals surface area contributed by atoms with Crippen molar-refractivity contribution in [3.8, 4) is 0 Å². The van der Waals surface area contributed by atoms with E-state index in [2.05, 4.69) is 22.4 Å². The van der Waals surface area contributed by atoms with E-state index in [9.17, 15) is 9.90 Å². The number of aliphatic hydroxyl groups is 1. The summed E-state index contributed by atoms with van der Waals surface area (Å²) in [6, 6.07) is 8.28. The Bertz CT molecular complexity index is 680. The summed E-state index contributed by atoms with van der Waals surface area (Å²) in [7, 11) is 1.86. The maximum Gasteiger partial charge on any atom is 0.229 e. The SMILES string of the molecule is CN[C@H]1CCN(CCc2c[nH]c3ccccc23)C(=O)[C@H]1C(C)O. The molecular formula is C18H25N3O2. The van der Waals surface area contributed by atoms with Crippen LogP contribution in [0.15, 0.2) is 30.5 Å². The maximum atomic E-state index is 12.7. The van der Waals surface area contributed by atoms with Crippen LogP contribution in [0, 0.1) is 5.92 Å². The van der Waals surface area contributed by atoms with Crippen molar-refractivity contribution in [1.29, 1.82) is 0 Å². The fourth-order valence-electron chi connectivity index (χ4n) is 3.65. The van der Waals surface area contributed by atoms with Gasteiger partial charge in [0.1, 0.15) is 0 Å². The molecule has 2 aromatic rings. The molecule has 1 unspecified atom stereocenters. The van der Waals surface area contributed by atoms with Gasteiger partial charge in [0.05, 0.1) is 12.0 Å². The van der Waals surface area contributed by atoms with Crippen molar-refractivity contribution in [1.82, 2.24) is 15.2 Å². The topological polar surface area (TPSA) is 68.4 Å². The van der Waals surface area contributed by atoms with Crippen LogP contribution < -0.4 is 5.32 Å². The van der Waals surface area contributed by atoms with Gasteiger partial charge in [0, 0.05) is 36.2 Å². The van der Waals surface area contributed by atoms with E-state index in [1.807, 2.05) is 30.3 Å². The molecule has 23 heavy (non-hydrogen) atoms. The van der Waals surface area contributed by atoms with Gasteiger partial charge in [-0.2, -0.15) is 0 Å². The number of aromatic amines is 1. The summed E-state index contributed by atoms with van der Waals surface area (Å²) in [5.41, 5.74) is 2.36. The number of carbonyl (C=O) groups excluding carboxylic acids is 1. The summed E-state index contributed by atoms with van der Waals surface area (Å²) in [5, 5.41) is 14.4. The van der Waals surface area contributed by atoms with Crippen molar-refractivity contribution in [2.45, 2.75) is 31.9 Å². The highest BCUT2D eigenvalue weighted by molar-refractivity contribution is 5.83. The summed E-state index contributed by atoms with van der Waals surface area (Å²) in [5.74, 6) is -0.290. The molecule has 3 N–H and O–H groups in total. The predicted molar refractivity (Wildman–Crippen MR) is 91.2 cm³/mol. The fraction of sp³-hybridized carbons (Fsp3) is 0.500. The lowest BCUT2D eigenvalue weighted by atomic mass is 9.87. The highest BCUT2D eigenvalue weighted by Crippen LogP contribution is 2.23. The quantitative estimate of drug-likeness (QED) is 0.784. The molecule has 1 aliphatic heterocycles. The molecule has 1 fully saturated rings. The molecule has 3 rings (SSSR count). The minimum Gasteiger partial charge on any atom is -0.393 e. The number of para-hydroxylation sites is 1. The Kier molecular flexibility index (Phi) is 4.68. The summed E-state index contributed by atoms with van der Waals surface area (Å²) in [6.45, 7) is 3.15. The number of amides is 1.